The molecular formula is C17H23ClN2O3. The van der Waals surface area contributed by atoms with Crippen LogP contribution in [0.4, 0.5) is 4.79 Å². The number of hydrogen-bond donors (Lipinski definition) is 2. The molecule has 1 saturated carbocycles. The molecule has 1 aliphatic carbocycles. The Labute approximate surface area is 141 Å². The Morgan fingerprint density at radius 2 is 2.22 bits per heavy atom. The second-order valence-electron chi connectivity index (χ2n) is 6.25. The van der Waals surface area contributed by atoms with E-state index in [0.29, 0.717) is 23.6 Å². The summed E-state index contributed by atoms with van der Waals surface area (Å²) in [5.74, 6) is 1.42. The van der Waals surface area contributed by atoms with Gasteiger partial charge in [0.25, 0.3) is 0 Å². The zero-order valence-electron chi connectivity index (χ0n) is 13.3. The van der Waals surface area contributed by atoms with Crippen LogP contribution in [-0.4, -0.2) is 31.9 Å². The van der Waals surface area contributed by atoms with E-state index in [0.717, 1.165) is 30.8 Å². The van der Waals surface area contributed by atoms with Crippen molar-refractivity contribution in [3.63, 3.8) is 0 Å². The van der Waals surface area contributed by atoms with Gasteiger partial charge in [-0.05, 0) is 49.8 Å². The van der Waals surface area contributed by atoms with Crippen LogP contribution < -0.4 is 15.4 Å². The topological polar surface area (TPSA) is 59.6 Å². The number of carbonyl (C=O) groups excluding carboxylic acids is 1. The first-order chi connectivity index (χ1) is 11.2. The number of rotatable bonds is 5. The molecule has 2 N–H and O–H groups in total. The molecule has 0 aromatic heterocycles. The number of methoxy groups -OCH3 is 1. The Morgan fingerprint density at radius 3 is 2.96 bits per heavy atom. The molecule has 126 valence electrons. The van der Waals surface area contributed by atoms with Gasteiger partial charge in [0.05, 0.1) is 13.2 Å². The fraction of sp³-hybridized carbons (Fsp3) is 0.588. The molecule has 0 unspecified atom stereocenters. The van der Waals surface area contributed by atoms with Crippen molar-refractivity contribution in [1.29, 1.82) is 0 Å². The van der Waals surface area contributed by atoms with Gasteiger partial charge in [0.1, 0.15) is 5.75 Å². The van der Waals surface area contributed by atoms with Gasteiger partial charge in [-0.2, -0.15) is 0 Å². The number of hydrogen-bond acceptors (Lipinski definition) is 3. The Balaban J connectivity index is 1.48. The Kier molecular flexibility index (Phi) is 5.28. The summed E-state index contributed by atoms with van der Waals surface area (Å²) in [4.78, 5) is 12.1. The van der Waals surface area contributed by atoms with E-state index in [2.05, 4.69) is 10.6 Å². The van der Waals surface area contributed by atoms with Gasteiger partial charge in [0.15, 0.2) is 0 Å². The average molecular weight is 339 g/mol. The van der Waals surface area contributed by atoms with Crippen molar-refractivity contribution in [3.05, 3.63) is 28.8 Å². The molecule has 3 rings (SSSR count). The molecule has 23 heavy (non-hydrogen) atoms. The normalized spacial score (nSPS) is 24.1. The van der Waals surface area contributed by atoms with Crippen molar-refractivity contribution in [3.8, 4) is 5.75 Å². The second kappa shape index (κ2) is 7.41. The maximum atomic E-state index is 12.1. The third kappa shape index (κ3) is 4.52. The monoisotopic (exact) mass is 338 g/mol. The molecular weight excluding hydrogens is 316 g/mol. The highest BCUT2D eigenvalue weighted by Gasteiger charge is 2.36. The highest BCUT2D eigenvalue weighted by atomic mass is 35.5. The molecule has 1 aromatic rings. The van der Waals surface area contributed by atoms with E-state index in [-0.39, 0.29) is 12.1 Å². The van der Waals surface area contributed by atoms with E-state index < -0.39 is 0 Å². The average Bonchev–Trinajstić information content (AvgIpc) is 3.38. The summed E-state index contributed by atoms with van der Waals surface area (Å²) in [5, 5.41) is 6.55. The summed E-state index contributed by atoms with van der Waals surface area (Å²) in [5.41, 5.74) is 0.859. The van der Waals surface area contributed by atoms with Crippen molar-refractivity contribution in [2.75, 3.05) is 13.7 Å². The van der Waals surface area contributed by atoms with Gasteiger partial charge in [0, 0.05) is 29.8 Å². The third-order valence-corrected chi connectivity index (χ3v) is 4.72. The van der Waals surface area contributed by atoms with Crippen LogP contribution in [0.5, 0.6) is 5.75 Å². The predicted octanol–water partition coefficient (Wildman–Crippen LogP) is 3.11. The van der Waals surface area contributed by atoms with Crippen LogP contribution in [0.2, 0.25) is 5.02 Å². The lowest BCUT2D eigenvalue weighted by atomic mass is 10.0. The lowest BCUT2D eigenvalue weighted by Gasteiger charge is -2.30. The van der Waals surface area contributed by atoms with Crippen molar-refractivity contribution >= 4 is 17.6 Å². The van der Waals surface area contributed by atoms with Gasteiger partial charge in [-0.25, -0.2) is 4.79 Å². The first-order valence-corrected chi connectivity index (χ1v) is 8.52. The molecule has 1 saturated heterocycles. The second-order valence-corrected chi connectivity index (χ2v) is 6.69. The largest absolute Gasteiger partial charge is 0.496 e. The highest BCUT2D eigenvalue weighted by Crippen LogP contribution is 2.38. The van der Waals surface area contributed by atoms with Crippen LogP contribution in [0.3, 0.4) is 0 Å². The minimum absolute atomic E-state index is 0.159. The molecule has 0 radical (unpaired) electrons. The first-order valence-electron chi connectivity index (χ1n) is 8.14. The molecule has 2 fully saturated rings. The van der Waals surface area contributed by atoms with Crippen LogP contribution in [0.1, 0.15) is 31.2 Å². The molecule has 6 heteroatoms. The minimum Gasteiger partial charge on any atom is -0.496 e. The van der Waals surface area contributed by atoms with E-state index in [1.54, 1.807) is 25.3 Å². The molecule has 2 amide bonds. The number of ether oxygens (including phenoxy) is 2. The molecule has 1 heterocycles. The summed E-state index contributed by atoms with van der Waals surface area (Å²) in [6.07, 6.45) is 4.63. The van der Waals surface area contributed by atoms with Crippen molar-refractivity contribution in [2.24, 2.45) is 5.92 Å². The van der Waals surface area contributed by atoms with E-state index in [1.165, 1.54) is 12.8 Å². The first kappa shape index (κ1) is 16.4. The number of urea groups is 1. The lowest BCUT2D eigenvalue weighted by Crippen LogP contribution is -2.46. The summed E-state index contributed by atoms with van der Waals surface area (Å²) in [6, 6.07) is 5.40. The lowest BCUT2D eigenvalue weighted by molar-refractivity contribution is -0.00914. The smallest absolute Gasteiger partial charge is 0.315 e. The summed E-state index contributed by atoms with van der Waals surface area (Å²) >= 11 is 6.00. The van der Waals surface area contributed by atoms with Crippen molar-refractivity contribution in [2.45, 2.75) is 44.4 Å². The van der Waals surface area contributed by atoms with Gasteiger partial charge >= 0.3 is 6.03 Å². The van der Waals surface area contributed by atoms with Gasteiger partial charge in [-0.3, -0.25) is 0 Å². The molecule has 1 aliphatic heterocycles. The zero-order chi connectivity index (χ0) is 16.2. The van der Waals surface area contributed by atoms with Crippen LogP contribution in [-0.2, 0) is 11.3 Å². The Hall–Kier alpha value is -1.46. The van der Waals surface area contributed by atoms with Crippen LogP contribution in [0, 0.1) is 5.92 Å². The molecule has 2 atom stereocenters. The third-order valence-electron chi connectivity index (χ3n) is 4.48. The summed E-state index contributed by atoms with van der Waals surface area (Å²) in [7, 11) is 1.60. The van der Waals surface area contributed by atoms with Gasteiger partial charge in [0.2, 0.25) is 0 Å². The fourth-order valence-corrected chi connectivity index (χ4v) is 3.25. The van der Waals surface area contributed by atoms with Gasteiger partial charge < -0.3 is 20.1 Å². The number of amides is 2. The standard InChI is InChI=1S/C17H23ClN2O3/c1-22-15-5-4-13(18)8-12(15)10-19-17(21)20-14-6-7-23-16(9-14)11-2-3-11/h4-5,8,11,14,16H,2-3,6-7,9-10H2,1H3,(H2,19,20,21)/t14-,16-/m0/s1. The number of nitrogens with one attached hydrogen (secondary N) is 2. The quantitative estimate of drug-likeness (QED) is 0.867. The maximum Gasteiger partial charge on any atom is 0.315 e. The maximum absolute atomic E-state index is 12.1. The van der Waals surface area contributed by atoms with Crippen LogP contribution in [0.15, 0.2) is 18.2 Å². The Morgan fingerprint density at radius 1 is 1.39 bits per heavy atom. The summed E-state index contributed by atoms with van der Waals surface area (Å²) < 4.78 is 11.1. The Bertz CT molecular complexity index is 563. The van der Waals surface area contributed by atoms with Crippen LogP contribution >= 0.6 is 11.6 Å². The number of halogens is 1. The number of benzene rings is 1. The molecule has 0 bridgehead atoms. The molecule has 1 aromatic carbocycles. The van der Waals surface area contributed by atoms with E-state index in [4.69, 9.17) is 21.1 Å². The molecule has 5 nitrogen and oxygen atoms in total. The SMILES string of the molecule is COc1ccc(Cl)cc1CNC(=O)N[C@H]1CCO[C@H](C2CC2)C1. The molecule has 0 spiro atoms. The fourth-order valence-electron chi connectivity index (χ4n) is 3.05. The van der Waals surface area contributed by atoms with Gasteiger partial charge in [-0.15, -0.1) is 0 Å². The zero-order valence-corrected chi connectivity index (χ0v) is 14.1. The van der Waals surface area contributed by atoms with Crippen LogP contribution in [0.25, 0.3) is 0 Å². The van der Waals surface area contributed by atoms with Crippen molar-refractivity contribution in [1.82, 2.24) is 10.6 Å². The van der Waals surface area contributed by atoms with Gasteiger partial charge in [-0.1, -0.05) is 11.6 Å². The van der Waals surface area contributed by atoms with E-state index in [9.17, 15) is 4.79 Å². The van der Waals surface area contributed by atoms with Crippen molar-refractivity contribution < 1.29 is 14.3 Å². The van der Waals surface area contributed by atoms with E-state index >= 15 is 0 Å². The highest BCUT2D eigenvalue weighted by molar-refractivity contribution is 6.30. The minimum atomic E-state index is -0.159. The summed E-state index contributed by atoms with van der Waals surface area (Å²) in [6.45, 7) is 1.11. The van der Waals surface area contributed by atoms with E-state index in [1.807, 2.05) is 0 Å². The predicted molar refractivity (Wildman–Crippen MR) is 88.9 cm³/mol. The number of carbonyl (C=O) groups is 1. The molecule has 2 aliphatic rings.